The van der Waals surface area contributed by atoms with Gasteiger partial charge in [0.2, 0.25) is 21.8 Å². The summed E-state index contributed by atoms with van der Waals surface area (Å²) in [6.45, 7) is -0.996. The highest BCUT2D eigenvalue weighted by Crippen LogP contribution is 2.33. The van der Waals surface area contributed by atoms with Gasteiger partial charge in [-0.25, -0.2) is 17.5 Å². The van der Waals surface area contributed by atoms with Gasteiger partial charge in [0.1, 0.15) is 22.5 Å². The number of nitrogens with zero attached hydrogens (tertiary/aromatic N) is 1. The molecular weight excluding hydrogens is 547 g/mol. The van der Waals surface area contributed by atoms with Crippen LogP contribution in [0.4, 0.5) is 4.39 Å². The van der Waals surface area contributed by atoms with E-state index in [0.717, 1.165) is 17.0 Å². The molecule has 1 unspecified atom stereocenters. The van der Waals surface area contributed by atoms with E-state index in [0.29, 0.717) is 0 Å². The second-order valence-electron chi connectivity index (χ2n) is 8.24. The van der Waals surface area contributed by atoms with Crippen LogP contribution < -0.4 is 20.1 Å². The minimum atomic E-state index is -4.19. The third-order valence-electron chi connectivity index (χ3n) is 5.71. The van der Waals surface area contributed by atoms with Crippen molar-refractivity contribution >= 4 is 51.2 Å². The van der Waals surface area contributed by atoms with Crippen molar-refractivity contribution in [1.29, 1.82) is 0 Å². The molecule has 4 rings (SSSR count). The zero-order valence-electron chi connectivity index (χ0n) is 19.5. The van der Waals surface area contributed by atoms with Crippen LogP contribution in [0, 0.1) is 5.82 Å². The summed E-state index contributed by atoms with van der Waals surface area (Å²) in [6.07, 6.45) is -0.0404. The Morgan fingerprint density at radius 2 is 1.89 bits per heavy atom. The van der Waals surface area contributed by atoms with Gasteiger partial charge >= 0.3 is 0 Å². The number of imide groups is 2. The standard InChI is InChI=1S/C23H20ClFN4O8S/c24-12-4-6-17(14(25)10-12)38(35,36)27-9-8-26-19(31)11-37-16-3-1-2-13-20(16)23(34)29(22(13)33)15-5-7-18(30)28-21(15)32/h1-4,6,10,15,27H,5,7-9,11H2,(H,26,31)(H,28,30,32). The minimum absolute atomic E-state index is 0.0108. The zero-order valence-corrected chi connectivity index (χ0v) is 21.0. The number of fused-ring (bicyclic) bond motifs is 1. The fourth-order valence-electron chi connectivity index (χ4n) is 3.96. The monoisotopic (exact) mass is 566 g/mol. The van der Waals surface area contributed by atoms with Gasteiger partial charge in [-0.3, -0.25) is 34.2 Å². The molecule has 2 aliphatic rings. The number of ether oxygens (including phenoxy) is 1. The van der Waals surface area contributed by atoms with Crippen LogP contribution in [-0.4, -0.2) is 68.6 Å². The first-order valence-electron chi connectivity index (χ1n) is 11.2. The Balaban J connectivity index is 1.32. The molecule has 1 fully saturated rings. The molecule has 0 aliphatic carbocycles. The highest BCUT2D eigenvalue weighted by atomic mass is 35.5. The van der Waals surface area contributed by atoms with Gasteiger partial charge in [0, 0.05) is 24.5 Å². The summed E-state index contributed by atoms with van der Waals surface area (Å²) in [5.74, 6) is -4.53. The average molecular weight is 567 g/mol. The van der Waals surface area contributed by atoms with Gasteiger partial charge in [0.05, 0.1) is 11.1 Å². The quantitative estimate of drug-likeness (QED) is 0.289. The number of hydrogen-bond donors (Lipinski definition) is 3. The molecule has 0 aromatic heterocycles. The molecule has 0 saturated carbocycles. The number of rotatable bonds is 9. The Hall–Kier alpha value is -3.88. The van der Waals surface area contributed by atoms with Crippen molar-refractivity contribution in [2.45, 2.75) is 23.8 Å². The molecule has 5 amide bonds. The molecule has 2 heterocycles. The van der Waals surface area contributed by atoms with Crippen LogP contribution in [0.5, 0.6) is 5.75 Å². The fourth-order valence-corrected chi connectivity index (χ4v) is 5.20. The number of piperidine rings is 1. The molecule has 2 aromatic rings. The molecule has 2 aliphatic heterocycles. The summed E-state index contributed by atoms with van der Waals surface area (Å²) in [5.41, 5.74) is -0.130. The van der Waals surface area contributed by atoms with E-state index in [-0.39, 0.29) is 47.8 Å². The molecule has 2 aromatic carbocycles. The SMILES string of the molecule is O=C(COc1cccc2c1C(=O)N(C1CCC(=O)NC1=O)C2=O)NCCNS(=O)(=O)c1ccc(Cl)cc1F. The summed E-state index contributed by atoms with van der Waals surface area (Å²) in [6, 6.07) is 6.14. The Bertz CT molecular complexity index is 1470. The number of benzene rings is 2. The third-order valence-corrected chi connectivity index (χ3v) is 7.44. The van der Waals surface area contributed by atoms with Crippen LogP contribution >= 0.6 is 11.6 Å². The van der Waals surface area contributed by atoms with E-state index >= 15 is 0 Å². The van der Waals surface area contributed by atoms with E-state index in [1.54, 1.807) is 0 Å². The molecule has 3 N–H and O–H groups in total. The molecule has 1 saturated heterocycles. The lowest BCUT2D eigenvalue weighted by atomic mass is 10.0. The molecule has 1 atom stereocenters. The topological polar surface area (TPSA) is 168 Å². The number of sulfonamides is 1. The summed E-state index contributed by atoms with van der Waals surface area (Å²) < 4.78 is 45.9. The van der Waals surface area contributed by atoms with Crippen molar-refractivity contribution in [3.63, 3.8) is 0 Å². The van der Waals surface area contributed by atoms with Crippen molar-refractivity contribution in [3.8, 4) is 5.75 Å². The Labute approximate surface area is 220 Å². The van der Waals surface area contributed by atoms with Crippen LogP contribution in [0.15, 0.2) is 41.3 Å². The van der Waals surface area contributed by atoms with E-state index in [9.17, 15) is 36.8 Å². The van der Waals surface area contributed by atoms with Crippen molar-refractivity contribution in [1.82, 2.24) is 20.3 Å². The lowest BCUT2D eigenvalue weighted by Gasteiger charge is -2.27. The second kappa shape index (κ2) is 10.8. The van der Waals surface area contributed by atoms with Crippen LogP contribution in [0.25, 0.3) is 0 Å². The van der Waals surface area contributed by atoms with Crippen LogP contribution in [0.2, 0.25) is 5.02 Å². The molecular formula is C23H20ClFN4O8S. The van der Waals surface area contributed by atoms with Crippen molar-refractivity contribution < 1.29 is 41.5 Å². The van der Waals surface area contributed by atoms with Gasteiger partial charge < -0.3 is 10.1 Å². The molecule has 0 radical (unpaired) electrons. The maximum atomic E-state index is 13.9. The third kappa shape index (κ3) is 5.51. The molecule has 15 heteroatoms. The zero-order chi connectivity index (χ0) is 27.6. The summed E-state index contributed by atoms with van der Waals surface area (Å²) in [7, 11) is -4.19. The Morgan fingerprint density at radius 1 is 1.13 bits per heavy atom. The number of hydrogen-bond acceptors (Lipinski definition) is 8. The minimum Gasteiger partial charge on any atom is -0.483 e. The number of nitrogens with one attached hydrogen (secondary N) is 3. The second-order valence-corrected chi connectivity index (χ2v) is 10.4. The average Bonchev–Trinajstić information content (AvgIpc) is 3.11. The van der Waals surface area contributed by atoms with Gasteiger partial charge in [0.15, 0.2) is 6.61 Å². The van der Waals surface area contributed by atoms with E-state index < -0.39 is 62.9 Å². The number of carbonyl (C=O) groups is 5. The van der Waals surface area contributed by atoms with Gasteiger partial charge in [-0.1, -0.05) is 17.7 Å². The van der Waals surface area contributed by atoms with E-state index in [1.165, 1.54) is 24.3 Å². The Kier molecular flexibility index (Phi) is 7.76. The molecule has 12 nitrogen and oxygen atoms in total. The van der Waals surface area contributed by atoms with Crippen LogP contribution in [-0.2, 0) is 24.4 Å². The smallest absolute Gasteiger partial charge is 0.266 e. The van der Waals surface area contributed by atoms with Crippen molar-refractivity contribution in [2.24, 2.45) is 0 Å². The molecule has 200 valence electrons. The predicted molar refractivity (Wildman–Crippen MR) is 128 cm³/mol. The van der Waals surface area contributed by atoms with Crippen molar-refractivity contribution in [2.75, 3.05) is 19.7 Å². The summed E-state index contributed by atoms with van der Waals surface area (Å²) in [4.78, 5) is 61.9. The molecule has 38 heavy (non-hydrogen) atoms. The first kappa shape index (κ1) is 27.2. The highest BCUT2D eigenvalue weighted by Gasteiger charge is 2.46. The maximum absolute atomic E-state index is 13.9. The fraction of sp³-hybridized carbons (Fsp3) is 0.261. The van der Waals surface area contributed by atoms with E-state index in [4.69, 9.17) is 16.3 Å². The summed E-state index contributed by atoms with van der Waals surface area (Å²) >= 11 is 5.62. The highest BCUT2D eigenvalue weighted by molar-refractivity contribution is 7.89. The first-order valence-corrected chi connectivity index (χ1v) is 13.0. The number of halogens is 2. The molecule has 0 bridgehead atoms. The van der Waals surface area contributed by atoms with Gasteiger partial charge in [0.25, 0.3) is 17.7 Å². The van der Waals surface area contributed by atoms with E-state index in [1.807, 2.05) is 0 Å². The summed E-state index contributed by atoms with van der Waals surface area (Å²) in [5, 5.41) is 4.54. The van der Waals surface area contributed by atoms with E-state index in [2.05, 4.69) is 15.4 Å². The number of carbonyl (C=O) groups excluding carboxylic acids is 5. The lowest BCUT2D eigenvalue weighted by Crippen LogP contribution is -2.54. The predicted octanol–water partition coefficient (Wildman–Crippen LogP) is 0.354. The largest absolute Gasteiger partial charge is 0.483 e. The van der Waals surface area contributed by atoms with Crippen LogP contribution in [0.1, 0.15) is 33.6 Å². The first-order chi connectivity index (χ1) is 18.0. The molecule has 0 spiro atoms. The Morgan fingerprint density at radius 3 is 2.61 bits per heavy atom. The van der Waals surface area contributed by atoms with Gasteiger partial charge in [-0.05, 0) is 36.8 Å². The number of amides is 5. The van der Waals surface area contributed by atoms with Gasteiger partial charge in [-0.2, -0.15) is 0 Å². The van der Waals surface area contributed by atoms with Crippen LogP contribution in [0.3, 0.4) is 0 Å². The normalized spacial score (nSPS) is 17.3. The maximum Gasteiger partial charge on any atom is 0.266 e. The lowest BCUT2D eigenvalue weighted by molar-refractivity contribution is -0.136. The van der Waals surface area contributed by atoms with Crippen molar-refractivity contribution in [3.05, 3.63) is 58.4 Å². The van der Waals surface area contributed by atoms with Gasteiger partial charge in [-0.15, -0.1) is 0 Å².